The molecule has 0 saturated heterocycles. The predicted molar refractivity (Wildman–Crippen MR) is 416 cm³/mol. The molecule has 0 bridgehead atoms. The number of nitrogens with zero attached hydrogens (tertiary/aromatic N) is 10. The molecule has 101 heavy (non-hydrogen) atoms. The van der Waals surface area contributed by atoms with Gasteiger partial charge in [0.2, 0.25) is 22.8 Å². The fraction of sp³-hybridized carbons (Fsp3) is 0.231. The van der Waals surface area contributed by atoms with E-state index in [1.165, 1.54) is 130 Å². The second-order valence-electron chi connectivity index (χ2n) is 27.2. The molecule has 8 aromatic heterocycles. The van der Waals surface area contributed by atoms with E-state index in [0.717, 1.165) is 0 Å². The zero-order chi connectivity index (χ0) is 72.4. The van der Waals surface area contributed by atoms with Crippen LogP contribution in [0.3, 0.4) is 0 Å². The Morgan fingerprint density at radius 1 is 0.297 bits per heavy atom. The van der Waals surface area contributed by atoms with Gasteiger partial charge in [-0.05, 0) is 167 Å². The van der Waals surface area contributed by atoms with Crippen molar-refractivity contribution in [2.24, 2.45) is 56.4 Å². The van der Waals surface area contributed by atoms with Gasteiger partial charge < -0.3 is 9.13 Å². The molecule has 0 unspecified atom stereocenters. The molecule has 0 aliphatic carbocycles. The van der Waals surface area contributed by atoms with E-state index in [1.54, 1.807) is 0 Å². The summed E-state index contributed by atoms with van der Waals surface area (Å²) in [7, 11) is 16.7. The van der Waals surface area contributed by atoms with Crippen LogP contribution in [0.2, 0.25) is 0 Å². The van der Waals surface area contributed by atoms with Crippen LogP contribution in [0.25, 0.3) is 79.4 Å². The number of hydrogen-bond donors (Lipinski definition) is 0. The van der Waals surface area contributed by atoms with Crippen LogP contribution in [0.5, 0.6) is 0 Å². The number of hydrogen-bond acceptors (Lipinski definition) is 0. The third-order valence-electron chi connectivity index (χ3n) is 18.7. The van der Waals surface area contributed by atoms with Crippen molar-refractivity contribution >= 4 is 0 Å². The molecular formula is C91H106N10+6. The first-order valence-corrected chi connectivity index (χ1v) is 35.2. The van der Waals surface area contributed by atoms with Crippen LogP contribution in [-0.4, -0.2) is 18.3 Å². The van der Waals surface area contributed by atoms with Crippen molar-refractivity contribution in [3.8, 4) is 79.4 Å². The van der Waals surface area contributed by atoms with E-state index < -0.39 is 0 Å². The molecule has 6 aromatic carbocycles. The molecule has 0 aliphatic rings. The lowest BCUT2D eigenvalue weighted by Crippen LogP contribution is -2.31. The lowest BCUT2D eigenvalue weighted by Gasteiger charge is -2.17. The first-order valence-electron chi connectivity index (χ1n) is 35.2. The quantitative estimate of drug-likeness (QED) is 0.123. The number of benzene rings is 6. The minimum absolute atomic E-state index is 0.479. The van der Waals surface area contributed by atoms with Crippen molar-refractivity contribution in [1.29, 1.82) is 0 Å². The van der Waals surface area contributed by atoms with Gasteiger partial charge in [0.05, 0.1) is 14.1 Å². The van der Waals surface area contributed by atoms with Gasteiger partial charge >= 0.3 is 11.6 Å². The summed E-state index contributed by atoms with van der Waals surface area (Å²) in [6, 6.07) is 78.7. The molecule has 0 radical (unpaired) electrons. The van der Waals surface area contributed by atoms with Gasteiger partial charge in [0.25, 0.3) is 0 Å². The van der Waals surface area contributed by atoms with E-state index in [9.17, 15) is 0 Å². The van der Waals surface area contributed by atoms with Crippen LogP contribution in [-0.2, 0) is 56.4 Å². The molecule has 10 heteroatoms. The molecule has 14 rings (SSSR count). The highest BCUT2D eigenvalue weighted by molar-refractivity contribution is 5.65. The molecule has 0 fully saturated rings. The molecular weight excluding hydrogens is 1230 g/mol. The lowest BCUT2D eigenvalue weighted by molar-refractivity contribution is -0.660. The number of aromatic nitrogens is 10. The van der Waals surface area contributed by atoms with Gasteiger partial charge in [0.1, 0.15) is 75.7 Å². The van der Waals surface area contributed by atoms with E-state index in [-0.39, 0.29) is 0 Å². The Labute approximate surface area is 602 Å². The van der Waals surface area contributed by atoms with Crippen LogP contribution in [0.15, 0.2) is 286 Å². The second kappa shape index (κ2) is 34.6. The molecule has 10 nitrogen and oxygen atoms in total. The normalized spacial score (nSPS) is 10.7. The average Bonchev–Trinajstić information content (AvgIpc) is 1.67. The van der Waals surface area contributed by atoms with Gasteiger partial charge in [-0.1, -0.05) is 137 Å². The number of pyridine rings is 4. The Hall–Kier alpha value is -11.1. The molecule has 0 spiro atoms. The molecule has 0 saturated carbocycles. The van der Waals surface area contributed by atoms with Crippen LogP contribution in [0.4, 0.5) is 0 Å². The van der Waals surface area contributed by atoms with E-state index in [4.69, 9.17) is 0 Å². The van der Waals surface area contributed by atoms with Crippen molar-refractivity contribution in [1.82, 2.24) is 18.3 Å². The predicted octanol–water partition coefficient (Wildman–Crippen LogP) is 17.7. The highest BCUT2D eigenvalue weighted by atomic mass is 15.2. The number of aryl methyl sites for hydroxylation is 15. The zero-order valence-electron chi connectivity index (χ0n) is 63.3. The zero-order valence-corrected chi connectivity index (χ0v) is 63.3. The minimum Gasteiger partial charge on any atom is -0.344 e. The molecule has 8 heterocycles. The summed E-state index contributed by atoms with van der Waals surface area (Å²) in [6.07, 6.45) is 21.1. The van der Waals surface area contributed by atoms with Crippen molar-refractivity contribution < 1.29 is 27.4 Å². The molecule has 0 aliphatic heterocycles. The van der Waals surface area contributed by atoms with Gasteiger partial charge in [-0.15, -0.1) is 0 Å². The van der Waals surface area contributed by atoms with Gasteiger partial charge in [0.15, 0.2) is 24.8 Å². The number of para-hydroxylation sites is 2. The molecule has 0 N–H and O–H groups in total. The number of imidazole rings is 2. The van der Waals surface area contributed by atoms with Crippen molar-refractivity contribution in [2.45, 2.75) is 88.0 Å². The van der Waals surface area contributed by atoms with Crippen LogP contribution in [0, 0.1) is 48.5 Å². The van der Waals surface area contributed by atoms with E-state index in [0.29, 0.717) is 11.8 Å². The largest absolute Gasteiger partial charge is 0.344 e. The third-order valence-corrected chi connectivity index (χ3v) is 18.7. The van der Waals surface area contributed by atoms with Crippen LogP contribution in [0.1, 0.15) is 89.6 Å². The maximum atomic E-state index is 2.36. The summed E-state index contributed by atoms with van der Waals surface area (Å²) >= 11 is 0. The Bertz CT molecular complexity index is 4940. The van der Waals surface area contributed by atoms with E-state index in [2.05, 4.69) is 453 Å². The van der Waals surface area contributed by atoms with Crippen molar-refractivity contribution in [3.05, 3.63) is 336 Å². The Morgan fingerprint density at radius 2 is 0.733 bits per heavy atom. The highest BCUT2D eigenvalue weighted by Gasteiger charge is 2.28. The monoisotopic (exact) mass is 1340 g/mol. The lowest BCUT2D eigenvalue weighted by atomic mass is 9.92. The van der Waals surface area contributed by atoms with Crippen molar-refractivity contribution in [2.75, 3.05) is 0 Å². The summed E-state index contributed by atoms with van der Waals surface area (Å²) in [5, 5.41) is 0. The Balaban J connectivity index is 0.000000143. The molecule has 0 amide bonds. The summed E-state index contributed by atoms with van der Waals surface area (Å²) in [4.78, 5) is 0. The fourth-order valence-corrected chi connectivity index (χ4v) is 13.1. The Kier molecular flexibility index (Phi) is 25.4. The summed E-state index contributed by atoms with van der Waals surface area (Å²) in [5.74, 6) is 3.34. The van der Waals surface area contributed by atoms with E-state index in [1.807, 2.05) is 12.1 Å². The molecule has 0 atom stereocenters. The standard InChI is InChI=1S/C21H28N3.C15H16N3.3C14H16N.C13H14N/c1-15(2)17-9-7-10-18(16(3)4)20(17)24-14-13-23(6)21(24)19-11-8-12-22(19)5;1-16-10-6-9-14(16)15-17(2)11-12-18(15)13-7-4-3-5-8-13;1-11-7-4-5-9-13(11)14-12(2)8-6-10-15(14)3;1-11-8-9-15(3)14(10-11)13-7-5-4-6-12(13)2;1-11-8-9-14(15(3)10-11)13-7-5-4-6-12(13)2;1-11-7-3-4-8-12(11)13-9-5-6-10-14(13)2/h7-16H,1-6H3;3-12H,1-2H3;3*4-10H,1-3H3;3-10H,1-2H3/q6*+1. The van der Waals surface area contributed by atoms with E-state index >= 15 is 0 Å². The van der Waals surface area contributed by atoms with Gasteiger partial charge in [-0.25, -0.2) is 27.4 Å². The third kappa shape index (κ3) is 18.2. The second-order valence-corrected chi connectivity index (χ2v) is 27.2. The minimum atomic E-state index is 0.479. The summed E-state index contributed by atoms with van der Waals surface area (Å²) < 4.78 is 21.9. The first kappa shape index (κ1) is 74.1. The molecule has 514 valence electrons. The maximum absolute atomic E-state index is 2.36. The first-order chi connectivity index (χ1) is 48.5. The van der Waals surface area contributed by atoms with Gasteiger partial charge in [-0.3, -0.25) is 0 Å². The number of rotatable bonds is 10. The summed E-state index contributed by atoms with van der Waals surface area (Å²) in [5.41, 5.74) is 27.2. The molecule has 14 aromatic rings. The smallest absolute Gasteiger partial charge is 0.310 e. The van der Waals surface area contributed by atoms with Gasteiger partial charge in [-0.2, -0.15) is 9.13 Å². The highest BCUT2D eigenvalue weighted by Crippen LogP contribution is 2.34. The van der Waals surface area contributed by atoms with Crippen LogP contribution >= 0.6 is 0 Å². The Morgan fingerprint density at radius 3 is 1.21 bits per heavy atom. The summed E-state index contributed by atoms with van der Waals surface area (Å²) in [6.45, 7) is 24.1. The maximum Gasteiger partial charge on any atom is 0.310 e. The fourth-order valence-electron chi connectivity index (χ4n) is 13.1. The van der Waals surface area contributed by atoms with Gasteiger partial charge in [0, 0.05) is 107 Å². The topological polar surface area (TPSA) is 43.0 Å². The average molecular weight is 1340 g/mol. The SMILES string of the molecule is CC(C)c1cccc(C(C)C)c1-n1cc[n+](C)c1-c1cccn1C.Cc1cc[n+](C)c(-c2ccccc2C)c1.Cc1ccc(-c2ccccc2C)[n+](C)c1.Cc1ccccc1-c1c(C)ccc[n+]1C.Cc1ccccc1-c1cccc[n+]1C.Cn1cccc1-c1n(-c2ccccc2)cc[n+]1C. The van der Waals surface area contributed by atoms with Crippen LogP contribution < -0.4 is 27.4 Å². The van der Waals surface area contributed by atoms with Crippen molar-refractivity contribution in [3.63, 3.8) is 0 Å².